The summed E-state index contributed by atoms with van der Waals surface area (Å²) in [7, 11) is 0. The predicted molar refractivity (Wildman–Crippen MR) is 107 cm³/mol. The fraction of sp³-hybridized carbons (Fsp3) is 0.333. The summed E-state index contributed by atoms with van der Waals surface area (Å²) in [5, 5.41) is 5.76. The van der Waals surface area contributed by atoms with Crippen LogP contribution in [0.15, 0.2) is 46.9 Å². The summed E-state index contributed by atoms with van der Waals surface area (Å²) >= 11 is 3.40. The molecule has 0 saturated carbocycles. The summed E-state index contributed by atoms with van der Waals surface area (Å²) in [5.41, 5.74) is 4.45. The van der Waals surface area contributed by atoms with Gasteiger partial charge in [-0.05, 0) is 54.5 Å². The standard InChI is InChI=1S/C21H23BrN2O2/c1-14-6-9-17(22)13-19(14)24-20(25)10-11-23-21(26)12-16-8-7-15-4-2-3-5-18(15)16/h2-6,9,13,16H,7-8,10-12H2,1H3,(H,23,26)(H,24,25). The number of rotatable bonds is 6. The normalized spacial score (nSPS) is 15.4. The Bertz CT molecular complexity index is 819. The lowest BCUT2D eigenvalue weighted by atomic mass is 9.97. The molecule has 0 radical (unpaired) electrons. The van der Waals surface area contributed by atoms with E-state index in [1.165, 1.54) is 11.1 Å². The van der Waals surface area contributed by atoms with Crippen molar-refractivity contribution in [1.82, 2.24) is 5.32 Å². The van der Waals surface area contributed by atoms with Crippen molar-refractivity contribution in [2.45, 2.75) is 38.5 Å². The molecule has 4 nitrogen and oxygen atoms in total. The Kier molecular flexibility index (Phi) is 6.09. The van der Waals surface area contributed by atoms with E-state index in [0.29, 0.717) is 18.9 Å². The number of benzene rings is 2. The molecule has 5 heteroatoms. The molecule has 2 aromatic carbocycles. The van der Waals surface area contributed by atoms with Gasteiger partial charge in [0.1, 0.15) is 0 Å². The van der Waals surface area contributed by atoms with Gasteiger partial charge in [-0.25, -0.2) is 0 Å². The molecule has 0 heterocycles. The van der Waals surface area contributed by atoms with Gasteiger partial charge >= 0.3 is 0 Å². The van der Waals surface area contributed by atoms with Crippen LogP contribution in [0, 0.1) is 6.92 Å². The van der Waals surface area contributed by atoms with Crippen LogP contribution in [0.4, 0.5) is 5.69 Å². The minimum absolute atomic E-state index is 0.0122. The van der Waals surface area contributed by atoms with E-state index in [0.717, 1.165) is 28.6 Å². The van der Waals surface area contributed by atoms with Gasteiger partial charge < -0.3 is 10.6 Å². The molecule has 0 bridgehead atoms. The number of aryl methyl sites for hydroxylation is 2. The summed E-state index contributed by atoms with van der Waals surface area (Å²) in [5.74, 6) is 0.209. The van der Waals surface area contributed by atoms with Crippen molar-refractivity contribution in [3.05, 3.63) is 63.6 Å². The maximum Gasteiger partial charge on any atom is 0.226 e. The Balaban J connectivity index is 1.43. The van der Waals surface area contributed by atoms with Crippen molar-refractivity contribution in [3.63, 3.8) is 0 Å². The van der Waals surface area contributed by atoms with Crippen LogP contribution in [0.2, 0.25) is 0 Å². The third kappa shape index (κ3) is 4.73. The topological polar surface area (TPSA) is 58.2 Å². The Morgan fingerprint density at radius 3 is 2.81 bits per heavy atom. The quantitative estimate of drug-likeness (QED) is 0.738. The molecular formula is C21H23BrN2O2. The number of carbonyl (C=O) groups excluding carboxylic acids is 2. The minimum atomic E-state index is -0.0993. The lowest BCUT2D eigenvalue weighted by Crippen LogP contribution is -2.28. The van der Waals surface area contributed by atoms with E-state index >= 15 is 0 Å². The Morgan fingerprint density at radius 1 is 1.15 bits per heavy atom. The summed E-state index contributed by atoms with van der Waals surface area (Å²) in [6.45, 7) is 2.30. The molecule has 1 aliphatic rings. The van der Waals surface area contributed by atoms with E-state index in [1.807, 2.05) is 37.3 Å². The second-order valence-electron chi connectivity index (χ2n) is 6.75. The number of anilines is 1. The van der Waals surface area contributed by atoms with E-state index in [4.69, 9.17) is 0 Å². The summed E-state index contributed by atoms with van der Waals surface area (Å²) in [4.78, 5) is 24.3. The van der Waals surface area contributed by atoms with Crippen LogP contribution in [0.25, 0.3) is 0 Å². The van der Waals surface area contributed by atoms with Gasteiger partial charge in [-0.15, -0.1) is 0 Å². The number of amides is 2. The molecule has 2 N–H and O–H groups in total. The fourth-order valence-corrected chi connectivity index (χ4v) is 3.77. The van der Waals surface area contributed by atoms with Gasteiger partial charge in [-0.2, -0.15) is 0 Å². The maximum absolute atomic E-state index is 12.2. The van der Waals surface area contributed by atoms with E-state index in [1.54, 1.807) is 0 Å². The molecule has 1 atom stereocenters. The number of carbonyl (C=O) groups is 2. The lowest BCUT2D eigenvalue weighted by molar-refractivity contribution is -0.121. The highest BCUT2D eigenvalue weighted by molar-refractivity contribution is 9.10. The van der Waals surface area contributed by atoms with Gasteiger partial charge in [-0.3, -0.25) is 9.59 Å². The summed E-state index contributed by atoms with van der Waals surface area (Å²) in [6, 6.07) is 14.1. The molecule has 0 aromatic heterocycles. The Hall–Kier alpha value is -2.14. The van der Waals surface area contributed by atoms with Crippen LogP contribution in [0.5, 0.6) is 0 Å². The van der Waals surface area contributed by atoms with Gasteiger partial charge in [0.15, 0.2) is 0 Å². The van der Waals surface area contributed by atoms with Crippen LogP contribution in [-0.2, 0) is 16.0 Å². The first-order valence-corrected chi connectivity index (χ1v) is 9.72. The molecule has 0 spiro atoms. The van der Waals surface area contributed by atoms with Gasteiger partial charge in [0.05, 0.1) is 0 Å². The highest BCUT2D eigenvalue weighted by Gasteiger charge is 2.24. The van der Waals surface area contributed by atoms with Crippen molar-refractivity contribution in [1.29, 1.82) is 0 Å². The zero-order valence-corrected chi connectivity index (χ0v) is 16.4. The molecule has 0 aliphatic heterocycles. The number of hydrogen-bond donors (Lipinski definition) is 2. The van der Waals surface area contributed by atoms with Crippen molar-refractivity contribution in [2.24, 2.45) is 0 Å². The number of halogens is 1. The molecule has 0 fully saturated rings. The van der Waals surface area contributed by atoms with E-state index in [2.05, 4.69) is 38.7 Å². The minimum Gasteiger partial charge on any atom is -0.356 e. The maximum atomic E-state index is 12.2. The number of nitrogens with one attached hydrogen (secondary N) is 2. The molecule has 136 valence electrons. The zero-order chi connectivity index (χ0) is 18.5. The average Bonchev–Trinajstić information content (AvgIpc) is 3.01. The van der Waals surface area contributed by atoms with Gasteiger partial charge in [0.2, 0.25) is 11.8 Å². The first-order valence-electron chi connectivity index (χ1n) is 8.93. The number of hydrogen-bond acceptors (Lipinski definition) is 2. The summed E-state index contributed by atoms with van der Waals surface area (Å²) < 4.78 is 0.920. The summed E-state index contributed by atoms with van der Waals surface area (Å²) in [6.07, 6.45) is 2.82. The second-order valence-corrected chi connectivity index (χ2v) is 7.66. The first kappa shape index (κ1) is 18.6. The third-order valence-corrected chi connectivity index (χ3v) is 5.33. The molecule has 3 rings (SSSR count). The van der Waals surface area contributed by atoms with Gasteiger partial charge in [-0.1, -0.05) is 46.3 Å². The van der Waals surface area contributed by atoms with Crippen LogP contribution in [-0.4, -0.2) is 18.4 Å². The zero-order valence-electron chi connectivity index (χ0n) is 14.8. The smallest absolute Gasteiger partial charge is 0.226 e. The fourth-order valence-electron chi connectivity index (χ4n) is 3.41. The SMILES string of the molecule is Cc1ccc(Br)cc1NC(=O)CCNC(=O)CC1CCc2ccccc21. The monoisotopic (exact) mass is 414 g/mol. The highest BCUT2D eigenvalue weighted by atomic mass is 79.9. The second kappa shape index (κ2) is 8.49. The van der Waals surface area contributed by atoms with Crippen LogP contribution in [0.1, 0.15) is 41.9 Å². The molecule has 1 unspecified atom stereocenters. The molecule has 2 amide bonds. The first-order chi connectivity index (χ1) is 12.5. The molecule has 1 aliphatic carbocycles. The van der Waals surface area contributed by atoms with Gasteiger partial charge in [0, 0.05) is 29.5 Å². The molecular weight excluding hydrogens is 392 g/mol. The van der Waals surface area contributed by atoms with Gasteiger partial charge in [0.25, 0.3) is 0 Å². The third-order valence-electron chi connectivity index (χ3n) is 4.84. The van der Waals surface area contributed by atoms with Crippen LogP contribution < -0.4 is 10.6 Å². The van der Waals surface area contributed by atoms with Crippen LogP contribution in [0.3, 0.4) is 0 Å². The molecule has 2 aromatic rings. The Labute approximate surface area is 162 Å². The van der Waals surface area contributed by atoms with Crippen molar-refractivity contribution in [2.75, 3.05) is 11.9 Å². The Morgan fingerprint density at radius 2 is 1.96 bits per heavy atom. The van der Waals surface area contributed by atoms with E-state index < -0.39 is 0 Å². The molecule has 0 saturated heterocycles. The largest absolute Gasteiger partial charge is 0.356 e. The highest BCUT2D eigenvalue weighted by Crippen LogP contribution is 2.35. The van der Waals surface area contributed by atoms with E-state index in [-0.39, 0.29) is 18.2 Å². The van der Waals surface area contributed by atoms with Crippen LogP contribution >= 0.6 is 15.9 Å². The van der Waals surface area contributed by atoms with E-state index in [9.17, 15) is 9.59 Å². The predicted octanol–water partition coefficient (Wildman–Crippen LogP) is 4.32. The van der Waals surface area contributed by atoms with Crippen molar-refractivity contribution < 1.29 is 9.59 Å². The molecule has 26 heavy (non-hydrogen) atoms. The average molecular weight is 415 g/mol. The van der Waals surface area contributed by atoms with Crippen molar-refractivity contribution >= 4 is 33.4 Å². The van der Waals surface area contributed by atoms with Crippen molar-refractivity contribution in [3.8, 4) is 0 Å². The number of fused-ring (bicyclic) bond motifs is 1. The lowest BCUT2D eigenvalue weighted by Gasteiger charge is -2.12.